The molecule has 0 aliphatic carbocycles. The van der Waals surface area contributed by atoms with Crippen LogP contribution in [-0.2, 0) is 4.74 Å². The van der Waals surface area contributed by atoms with Gasteiger partial charge in [-0.15, -0.1) is 0 Å². The third kappa shape index (κ3) is 1.01. The largest absolute Gasteiger partial charge is 0.501 e. The lowest BCUT2D eigenvalue weighted by molar-refractivity contribution is 0.117. The number of aliphatic hydroxyl groups excluding tert-OH is 1. The molecular formula is C6H10O2. The molecule has 0 bridgehead atoms. The zero-order valence-corrected chi connectivity index (χ0v) is 4.87. The first kappa shape index (κ1) is 5.63. The van der Waals surface area contributed by atoms with Crippen LogP contribution in [0.2, 0.25) is 0 Å². The van der Waals surface area contributed by atoms with Gasteiger partial charge in [0.15, 0.2) is 0 Å². The molecule has 1 aliphatic rings. The van der Waals surface area contributed by atoms with E-state index < -0.39 is 0 Å². The molecule has 46 valence electrons. The lowest BCUT2D eigenvalue weighted by atomic mass is 10.1. The van der Waals surface area contributed by atoms with E-state index in [9.17, 15) is 0 Å². The highest BCUT2D eigenvalue weighted by molar-refractivity contribution is 4.91. The lowest BCUT2D eigenvalue weighted by Crippen LogP contribution is -2.15. The van der Waals surface area contributed by atoms with Crippen molar-refractivity contribution in [3.63, 3.8) is 0 Å². The second-order valence-corrected chi connectivity index (χ2v) is 2.07. The van der Waals surface area contributed by atoms with Gasteiger partial charge in [0.1, 0.15) is 0 Å². The molecule has 0 radical (unpaired) electrons. The normalized spacial score (nSPS) is 30.0. The van der Waals surface area contributed by atoms with E-state index in [0.29, 0.717) is 6.61 Å². The number of rotatable bonds is 1. The van der Waals surface area contributed by atoms with E-state index in [1.807, 2.05) is 6.08 Å². The van der Waals surface area contributed by atoms with Gasteiger partial charge in [-0.2, -0.15) is 0 Å². The van der Waals surface area contributed by atoms with Gasteiger partial charge in [-0.1, -0.05) is 0 Å². The van der Waals surface area contributed by atoms with Crippen LogP contribution in [0.25, 0.3) is 0 Å². The molecule has 1 aliphatic heterocycles. The van der Waals surface area contributed by atoms with E-state index in [2.05, 4.69) is 0 Å². The number of hydrogen-bond donors (Lipinski definition) is 1. The standard InChI is InChI=1S/C6H10O2/c1-5(7)6-2-3-8-4-6/h2-3,5-7H,4H2,1H3. The molecule has 0 aromatic rings. The van der Waals surface area contributed by atoms with Crippen molar-refractivity contribution in [3.8, 4) is 0 Å². The van der Waals surface area contributed by atoms with Crippen molar-refractivity contribution in [1.29, 1.82) is 0 Å². The van der Waals surface area contributed by atoms with E-state index in [-0.39, 0.29) is 12.0 Å². The molecule has 2 heteroatoms. The van der Waals surface area contributed by atoms with Gasteiger partial charge in [0.25, 0.3) is 0 Å². The third-order valence-electron chi connectivity index (χ3n) is 1.33. The van der Waals surface area contributed by atoms with Crippen molar-refractivity contribution in [2.75, 3.05) is 6.61 Å². The number of ether oxygens (including phenoxy) is 1. The Bertz CT molecular complexity index is 96.7. The summed E-state index contributed by atoms with van der Waals surface area (Å²) in [5, 5.41) is 8.92. The van der Waals surface area contributed by atoms with E-state index in [1.165, 1.54) is 0 Å². The molecule has 1 N–H and O–H groups in total. The summed E-state index contributed by atoms with van der Waals surface area (Å²) in [5.41, 5.74) is 0. The highest BCUT2D eigenvalue weighted by Gasteiger charge is 2.14. The maximum absolute atomic E-state index is 8.92. The minimum Gasteiger partial charge on any atom is -0.501 e. The molecule has 2 nitrogen and oxygen atoms in total. The quantitative estimate of drug-likeness (QED) is 0.538. The molecule has 0 aromatic carbocycles. The van der Waals surface area contributed by atoms with Crippen LogP contribution in [0.5, 0.6) is 0 Å². The van der Waals surface area contributed by atoms with Gasteiger partial charge in [0.2, 0.25) is 0 Å². The summed E-state index contributed by atoms with van der Waals surface area (Å²) in [6.07, 6.45) is 3.25. The summed E-state index contributed by atoms with van der Waals surface area (Å²) in [4.78, 5) is 0. The highest BCUT2D eigenvalue weighted by Crippen LogP contribution is 2.11. The van der Waals surface area contributed by atoms with Crippen LogP contribution >= 0.6 is 0 Å². The molecule has 2 atom stereocenters. The van der Waals surface area contributed by atoms with Crippen LogP contribution in [-0.4, -0.2) is 17.8 Å². The minimum atomic E-state index is -0.270. The van der Waals surface area contributed by atoms with Crippen molar-refractivity contribution in [2.24, 2.45) is 5.92 Å². The summed E-state index contributed by atoms with van der Waals surface area (Å²) in [7, 11) is 0. The van der Waals surface area contributed by atoms with E-state index >= 15 is 0 Å². The van der Waals surface area contributed by atoms with E-state index in [4.69, 9.17) is 9.84 Å². The lowest BCUT2D eigenvalue weighted by Gasteiger charge is -2.07. The van der Waals surface area contributed by atoms with Crippen molar-refractivity contribution in [1.82, 2.24) is 0 Å². The summed E-state index contributed by atoms with van der Waals surface area (Å²) in [6, 6.07) is 0. The van der Waals surface area contributed by atoms with Crippen LogP contribution in [0, 0.1) is 5.92 Å². The van der Waals surface area contributed by atoms with Crippen LogP contribution in [0.1, 0.15) is 6.92 Å². The molecule has 1 rings (SSSR count). The first-order valence-corrected chi connectivity index (χ1v) is 2.77. The van der Waals surface area contributed by atoms with Crippen LogP contribution < -0.4 is 0 Å². The fourth-order valence-electron chi connectivity index (χ4n) is 0.679. The van der Waals surface area contributed by atoms with Crippen molar-refractivity contribution in [2.45, 2.75) is 13.0 Å². The zero-order valence-electron chi connectivity index (χ0n) is 4.87. The summed E-state index contributed by atoms with van der Waals surface area (Å²) < 4.78 is 4.88. The average molecular weight is 114 g/mol. The molecule has 0 amide bonds. The Kier molecular flexibility index (Phi) is 1.53. The van der Waals surface area contributed by atoms with Crippen LogP contribution in [0.15, 0.2) is 12.3 Å². The predicted octanol–water partition coefficient (Wildman–Crippen LogP) is 0.527. The monoisotopic (exact) mass is 114 g/mol. The zero-order chi connectivity index (χ0) is 5.98. The van der Waals surface area contributed by atoms with Gasteiger partial charge in [0, 0.05) is 5.92 Å². The Hall–Kier alpha value is -0.500. The molecule has 0 saturated carbocycles. The fourth-order valence-corrected chi connectivity index (χ4v) is 0.679. The second-order valence-electron chi connectivity index (χ2n) is 2.07. The summed E-state index contributed by atoms with van der Waals surface area (Å²) >= 11 is 0. The van der Waals surface area contributed by atoms with Gasteiger partial charge in [0.05, 0.1) is 19.0 Å². The molecule has 2 unspecified atom stereocenters. The van der Waals surface area contributed by atoms with Crippen molar-refractivity contribution in [3.05, 3.63) is 12.3 Å². The van der Waals surface area contributed by atoms with Crippen LogP contribution in [0.3, 0.4) is 0 Å². The first-order valence-electron chi connectivity index (χ1n) is 2.77. The number of aliphatic hydroxyl groups is 1. The third-order valence-corrected chi connectivity index (χ3v) is 1.33. The molecule has 8 heavy (non-hydrogen) atoms. The van der Waals surface area contributed by atoms with E-state index in [0.717, 1.165) is 0 Å². The molecule has 1 heterocycles. The van der Waals surface area contributed by atoms with Crippen molar-refractivity contribution < 1.29 is 9.84 Å². The van der Waals surface area contributed by atoms with Gasteiger partial charge in [-0.25, -0.2) is 0 Å². The Morgan fingerprint density at radius 3 is 2.88 bits per heavy atom. The smallest absolute Gasteiger partial charge is 0.0961 e. The van der Waals surface area contributed by atoms with E-state index in [1.54, 1.807) is 13.2 Å². The SMILES string of the molecule is CC(O)C1C=COC1. The second kappa shape index (κ2) is 2.18. The molecule has 0 aromatic heterocycles. The summed E-state index contributed by atoms with van der Waals surface area (Å²) in [5.74, 6) is 0.218. The Balaban J connectivity index is 2.36. The topological polar surface area (TPSA) is 29.5 Å². The highest BCUT2D eigenvalue weighted by atomic mass is 16.5. The molecule has 0 fully saturated rings. The molecule has 0 spiro atoms. The van der Waals surface area contributed by atoms with Gasteiger partial charge in [-0.3, -0.25) is 0 Å². The number of hydrogen-bond acceptors (Lipinski definition) is 2. The first-order chi connectivity index (χ1) is 3.80. The van der Waals surface area contributed by atoms with Gasteiger partial charge in [-0.05, 0) is 13.0 Å². The molecular weight excluding hydrogens is 104 g/mol. The van der Waals surface area contributed by atoms with Gasteiger partial charge < -0.3 is 9.84 Å². The van der Waals surface area contributed by atoms with Crippen LogP contribution in [0.4, 0.5) is 0 Å². The van der Waals surface area contributed by atoms with Gasteiger partial charge >= 0.3 is 0 Å². The Morgan fingerprint density at radius 2 is 2.62 bits per heavy atom. The average Bonchev–Trinajstić information content (AvgIpc) is 2.12. The predicted molar refractivity (Wildman–Crippen MR) is 30.3 cm³/mol. The summed E-state index contributed by atoms with van der Waals surface area (Å²) in [6.45, 7) is 2.40. The maximum Gasteiger partial charge on any atom is 0.0961 e. The molecule has 0 saturated heterocycles. The Labute approximate surface area is 48.8 Å². The minimum absolute atomic E-state index is 0.218. The maximum atomic E-state index is 8.92. The fraction of sp³-hybridized carbons (Fsp3) is 0.667. The van der Waals surface area contributed by atoms with Crippen molar-refractivity contribution >= 4 is 0 Å². The Morgan fingerprint density at radius 1 is 1.88 bits per heavy atom.